The Labute approximate surface area is 133 Å². The molecule has 1 aromatic rings. The molecule has 7 heteroatoms. The van der Waals surface area contributed by atoms with E-state index in [1.54, 1.807) is 0 Å². The Morgan fingerprint density at radius 1 is 1.38 bits per heavy atom. The molecule has 5 nitrogen and oxygen atoms in total. The number of amidine groups is 1. The molecule has 3 N–H and O–H groups in total. The lowest BCUT2D eigenvalue weighted by Crippen LogP contribution is -2.24. The molecule has 0 fully saturated rings. The Morgan fingerprint density at radius 3 is 2.86 bits per heavy atom. The molecule has 1 atom stereocenters. The van der Waals surface area contributed by atoms with E-state index in [-0.39, 0.29) is 5.84 Å². The second kappa shape index (κ2) is 9.68. The predicted octanol–water partition coefficient (Wildman–Crippen LogP) is 2.94. The Kier molecular flexibility index (Phi) is 8.22. The smallest absolute Gasteiger partial charge is 0.245 e. The first kappa shape index (κ1) is 17.8. The average molecular weight is 329 g/mol. The van der Waals surface area contributed by atoms with Gasteiger partial charge in [-0.1, -0.05) is 19.9 Å². The van der Waals surface area contributed by atoms with Crippen molar-refractivity contribution in [3.05, 3.63) is 23.8 Å². The molecular weight excluding hydrogens is 306 g/mol. The van der Waals surface area contributed by atoms with Gasteiger partial charge in [0.25, 0.3) is 0 Å². The number of rotatable bonds is 6. The molecule has 1 unspecified atom stereocenters. The number of hydrogen-bond donors (Lipinski definition) is 2. The number of benzene rings is 1. The molecule has 1 aliphatic rings. The molecule has 0 radical (unpaired) electrons. The highest BCUT2D eigenvalue weighted by molar-refractivity contribution is 7.98. The number of hydrogen-bond acceptors (Lipinski definition) is 4. The number of ether oxygens (including phenoxy) is 1. The summed E-state index contributed by atoms with van der Waals surface area (Å²) >= 11 is 0.338. The van der Waals surface area contributed by atoms with Crippen LogP contribution in [0, 0.1) is 0 Å². The van der Waals surface area contributed by atoms with Gasteiger partial charge in [-0.25, -0.2) is 4.21 Å². The fraction of sp³-hybridized carbons (Fsp3) is 0.500. The molecule has 21 heavy (non-hydrogen) atoms. The van der Waals surface area contributed by atoms with Gasteiger partial charge >= 0.3 is 0 Å². The number of thioether (sulfide) groups is 1. The minimum Gasteiger partial charge on any atom is -0.493 e. The van der Waals surface area contributed by atoms with Crippen molar-refractivity contribution in [3.8, 4) is 5.75 Å². The lowest BCUT2D eigenvalue weighted by atomic mass is 10.1. The van der Waals surface area contributed by atoms with Crippen LogP contribution in [-0.4, -0.2) is 28.7 Å². The molecule has 0 saturated heterocycles. The fourth-order valence-corrected chi connectivity index (χ4v) is 2.95. The highest BCUT2D eigenvalue weighted by Gasteiger charge is 2.19. The van der Waals surface area contributed by atoms with Crippen LogP contribution in [0.3, 0.4) is 0 Å². The molecular formula is C14H23N3O2S2. The number of nitrogens with zero attached hydrogens (tertiary/aromatic N) is 1. The van der Waals surface area contributed by atoms with E-state index >= 15 is 0 Å². The number of fused-ring (bicyclic) bond motifs is 1. The Hall–Kier alpha value is -1.21. The first-order valence-corrected chi connectivity index (χ1v) is 9.50. The zero-order valence-electron chi connectivity index (χ0n) is 12.7. The summed E-state index contributed by atoms with van der Waals surface area (Å²) in [5.41, 5.74) is 7.23. The summed E-state index contributed by atoms with van der Waals surface area (Å²) in [5.74, 6) is 2.08. The zero-order chi connectivity index (χ0) is 15.7. The van der Waals surface area contributed by atoms with Crippen molar-refractivity contribution in [2.75, 3.05) is 23.3 Å². The van der Waals surface area contributed by atoms with Gasteiger partial charge in [0.05, 0.1) is 17.9 Å². The molecule has 1 aliphatic heterocycles. The van der Waals surface area contributed by atoms with E-state index in [2.05, 4.69) is 15.4 Å². The molecule has 2 rings (SSSR count). The summed E-state index contributed by atoms with van der Waals surface area (Å²) in [5, 5.41) is 0. The van der Waals surface area contributed by atoms with Gasteiger partial charge in [-0.2, -0.15) is 16.2 Å². The van der Waals surface area contributed by atoms with E-state index < -0.39 is 11.2 Å². The summed E-state index contributed by atoms with van der Waals surface area (Å²) in [4.78, 5) is 0. The molecule has 0 bridgehead atoms. The van der Waals surface area contributed by atoms with Gasteiger partial charge in [0.15, 0.2) is 0 Å². The summed E-state index contributed by atoms with van der Waals surface area (Å²) < 4.78 is 23.7. The van der Waals surface area contributed by atoms with Gasteiger partial charge in [0.1, 0.15) is 11.6 Å². The fourth-order valence-electron chi connectivity index (χ4n) is 1.78. The van der Waals surface area contributed by atoms with Gasteiger partial charge < -0.3 is 10.5 Å². The summed E-state index contributed by atoms with van der Waals surface area (Å²) in [7, 11) is 0. The minimum atomic E-state index is -1.50. The molecule has 0 aliphatic carbocycles. The third-order valence-electron chi connectivity index (χ3n) is 2.66. The monoisotopic (exact) mass is 329 g/mol. The molecule has 0 spiro atoms. The van der Waals surface area contributed by atoms with Gasteiger partial charge in [0, 0.05) is 0 Å². The van der Waals surface area contributed by atoms with Crippen molar-refractivity contribution in [1.82, 2.24) is 0 Å². The van der Waals surface area contributed by atoms with E-state index in [0.29, 0.717) is 23.6 Å². The molecule has 118 valence electrons. The van der Waals surface area contributed by atoms with Gasteiger partial charge in [-0.05, 0) is 37.0 Å². The standard InChI is InChI=1S/C12H17N3O2S2.C2H6/c1-18-8-3-2-7-17-10-6-4-5-9-11(10)12(13)15-19(16)14-9;1-2/h4-6,14H,2-3,7-8H2,1H3,(H2,13,15);1-2H3. The van der Waals surface area contributed by atoms with Crippen molar-refractivity contribution in [2.24, 2.45) is 10.1 Å². The second-order valence-corrected chi connectivity index (χ2v) is 5.93. The van der Waals surface area contributed by atoms with Crippen LogP contribution in [-0.2, 0) is 11.2 Å². The third kappa shape index (κ3) is 5.24. The second-order valence-electron chi connectivity index (χ2n) is 4.05. The minimum absolute atomic E-state index is 0.256. The van der Waals surface area contributed by atoms with Crippen LogP contribution in [0.1, 0.15) is 32.3 Å². The molecule has 0 saturated carbocycles. The number of anilines is 1. The van der Waals surface area contributed by atoms with Crippen molar-refractivity contribution >= 4 is 34.5 Å². The van der Waals surface area contributed by atoms with Crippen molar-refractivity contribution in [2.45, 2.75) is 26.7 Å². The Balaban J connectivity index is 0.00000106. The molecule has 0 aromatic heterocycles. The van der Waals surface area contributed by atoms with Crippen molar-refractivity contribution in [3.63, 3.8) is 0 Å². The maximum Gasteiger partial charge on any atom is 0.245 e. The SMILES string of the molecule is CC.CSCCCCOc1cccc2c1C(N)=NS(=O)N2. The highest BCUT2D eigenvalue weighted by Crippen LogP contribution is 2.29. The van der Waals surface area contributed by atoms with Gasteiger partial charge in [-0.3, -0.25) is 4.72 Å². The average Bonchev–Trinajstić information content (AvgIpc) is 2.48. The van der Waals surface area contributed by atoms with E-state index in [1.807, 2.05) is 43.8 Å². The van der Waals surface area contributed by atoms with Crippen LogP contribution in [0.4, 0.5) is 5.69 Å². The maximum atomic E-state index is 11.4. The normalized spacial score (nSPS) is 16.0. The van der Waals surface area contributed by atoms with Crippen molar-refractivity contribution in [1.29, 1.82) is 0 Å². The summed E-state index contributed by atoms with van der Waals surface area (Å²) in [6, 6.07) is 5.51. The topological polar surface area (TPSA) is 76.7 Å². The third-order valence-corrected chi connectivity index (χ3v) is 4.12. The van der Waals surface area contributed by atoms with Crippen LogP contribution < -0.4 is 15.2 Å². The van der Waals surface area contributed by atoms with Crippen LogP contribution in [0.2, 0.25) is 0 Å². The molecule has 1 aromatic carbocycles. The van der Waals surface area contributed by atoms with Crippen LogP contribution in [0.25, 0.3) is 0 Å². The highest BCUT2D eigenvalue weighted by atomic mass is 32.2. The van der Waals surface area contributed by atoms with E-state index in [9.17, 15) is 4.21 Å². The van der Waals surface area contributed by atoms with Gasteiger partial charge in [-0.15, -0.1) is 0 Å². The maximum absolute atomic E-state index is 11.4. The summed E-state index contributed by atoms with van der Waals surface area (Å²) in [6.07, 6.45) is 4.22. The van der Waals surface area contributed by atoms with E-state index in [4.69, 9.17) is 10.5 Å². The number of nitrogens with two attached hydrogens (primary N) is 1. The first-order chi connectivity index (χ1) is 10.2. The largest absolute Gasteiger partial charge is 0.493 e. The van der Waals surface area contributed by atoms with Gasteiger partial charge in [0.2, 0.25) is 11.2 Å². The predicted molar refractivity (Wildman–Crippen MR) is 93.4 cm³/mol. The summed E-state index contributed by atoms with van der Waals surface area (Å²) in [6.45, 7) is 4.65. The Bertz CT molecular complexity index is 507. The molecule has 1 heterocycles. The van der Waals surface area contributed by atoms with Crippen molar-refractivity contribution < 1.29 is 8.95 Å². The first-order valence-electron chi connectivity index (χ1n) is 7.00. The number of unbranched alkanes of at least 4 members (excludes halogenated alkanes) is 1. The lowest BCUT2D eigenvalue weighted by molar-refractivity contribution is 0.309. The molecule has 0 amide bonds. The van der Waals surface area contributed by atoms with Crippen LogP contribution in [0.15, 0.2) is 22.6 Å². The van der Waals surface area contributed by atoms with Crippen LogP contribution >= 0.6 is 11.8 Å². The van der Waals surface area contributed by atoms with E-state index in [1.165, 1.54) is 0 Å². The number of nitrogens with one attached hydrogen (secondary N) is 1. The van der Waals surface area contributed by atoms with Crippen LogP contribution in [0.5, 0.6) is 5.75 Å². The zero-order valence-corrected chi connectivity index (χ0v) is 14.4. The lowest BCUT2D eigenvalue weighted by Gasteiger charge is -2.18. The quantitative estimate of drug-likeness (QED) is 0.787. The van der Waals surface area contributed by atoms with E-state index in [0.717, 1.165) is 18.6 Å². The Morgan fingerprint density at radius 2 is 2.14 bits per heavy atom.